The van der Waals surface area contributed by atoms with Crippen molar-refractivity contribution in [2.24, 2.45) is 10.7 Å². The number of benzene rings is 3. The summed E-state index contributed by atoms with van der Waals surface area (Å²) in [6.07, 6.45) is -0.939. The summed E-state index contributed by atoms with van der Waals surface area (Å²) >= 11 is 2.25. The molecule has 5 rings (SSSR count). The second-order valence-electron chi connectivity index (χ2n) is 19.7. The van der Waals surface area contributed by atoms with Crippen molar-refractivity contribution in [1.82, 2.24) is 42.2 Å². The molecule has 2 radical (unpaired) electrons. The minimum absolute atomic E-state index is 0.00461. The molecule has 82 heavy (non-hydrogen) atoms. The summed E-state index contributed by atoms with van der Waals surface area (Å²) in [5.74, 6) is -9.72. The number of H-pyrrole nitrogens is 1. The molecular formula is C55H71BN10O14S2. The van der Waals surface area contributed by atoms with E-state index in [4.69, 9.17) is 13.6 Å². The number of para-hydroxylation sites is 1. The van der Waals surface area contributed by atoms with E-state index >= 15 is 4.79 Å². The van der Waals surface area contributed by atoms with Gasteiger partial charge in [-0.3, -0.25) is 43.3 Å². The highest BCUT2D eigenvalue weighted by Crippen LogP contribution is 2.30. The first-order valence-corrected chi connectivity index (χ1v) is 28.7. The maximum absolute atomic E-state index is 15.1. The first kappa shape index (κ1) is 65.4. The third-order valence-corrected chi connectivity index (χ3v) is 16.2. The second-order valence-corrected chi connectivity index (χ2v) is 22.4. The van der Waals surface area contributed by atoms with Crippen LogP contribution in [-0.2, 0) is 62.4 Å². The van der Waals surface area contributed by atoms with Gasteiger partial charge in [0.05, 0.1) is 35.8 Å². The lowest BCUT2D eigenvalue weighted by Crippen LogP contribution is -2.60. The number of fused-ring (bicyclic) bond motifs is 1. The van der Waals surface area contributed by atoms with E-state index in [1.165, 1.54) is 19.1 Å². The first-order chi connectivity index (χ1) is 39.1. The van der Waals surface area contributed by atoms with Gasteiger partial charge in [0.25, 0.3) is 0 Å². The third kappa shape index (κ3) is 21.1. The van der Waals surface area contributed by atoms with Crippen molar-refractivity contribution in [3.8, 4) is 5.75 Å². The number of amides is 7. The summed E-state index contributed by atoms with van der Waals surface area (Å²) in [5.41, 5.74) is 8.41. The van der Waals surface area contributed by atoms with E-state index in [9.17, 15) is 63.9 Å². The minimum Gasteiger partial charge on any atom is -0.508 e. The molecule has 1 aliphatic heterocycles. The smallest absolute Gasteiger partial charge is 0.328 e. The van der Waals surface area contributed by atoms with E-state index in [2.05, 4.69) is 47.2 Å². The first-order valence-electron chi connectivity index (χ1n) is 26.6. The lowest BCUT2D eigenvalue weighted by molar-refractivity contribution is -0.145. The number of aromatic hydroxyl groups is 1. The predicted molar refractivity (Wildman–Crippen MR) is 310 cm³/mol. The Morgan fingerprint density at radius 1 is 0.805 bits per heavy atom. The number of rotatable bonds is 22. The zero-order valence-corrected chi connectivity index (χ0v) is 47.0. The quantitative estimate of drug-likeness (QED) is 0.0361. The van der Waals surface area contributed by atoms with E-state index in [0.717, 1.165) is 46.9 Å². The van der Waals surface area contributed by atoms with Crippen LogP contribution >= 0.6 is 23.5 Å². The zero-order valence-electron chi connectivity index (χ0n) is 45.4. The molecule has 1 aromatic heterocycles. The van der Waals surface area contributed by atoms with Crippen LogP contribution in [0.3, 0.4) is 0 Å². The summed E-state index contributed by atoms with van der Waals surface area (Å²) in [6, 6.07) is 11.5. The normalized spacial score (nSPS) is 21.3. The molecule has 2 heterocycles. The molecule has 440 valence electrons. The fourth-order valence-electron chi connectivity index (χ4n) is 8.60. The second kappa shape index (κ2) is 32.9. The molecule has 0 bridgehead atoms. The van der Waals surface area contributed by atoms with Crippen LogP contribution in [0.1, 0.15) is 69.1 Å². The van der Waals surface area contributed by atoms with Gasteiger partial charge in [-0.15, -0.1) is 23.5 Å². The van der Waals surface area contributed by atoms with Gasteiger partial charge >= 0.3 is 11.9 Å². The highest BCUT2D eigenvalue weighted by atomic mass is 32.2. The number of aliphatic hydroxyl groups excluding tert-OH is 2. The highest BCUT2D eigenvalue weighted by Gasteiger charge is 2.35. The number of carbonyl (C=O) groups is 9. The number of aliphatic hydroxyl groups is 2. The topological polar surface area (TPSA) is 393 Å². The number of hydrogen-bond donors (Lipinski definition) is 14. The number of aromatic amines is 1. The SMILES string of the molecule is [B]C1=NC(CCc2c[nH]c3ccccc23)C(=O)NCC(=O)NC(C(C)O)C(=O)NC(C(=O)NC(C(=O)O)C(C)O)CSC(CCCCN)SCC(NC(=O)C(Cc2ccccc2)NC(=O)CCC(=O)O)C(=O)NC1Cc1ccc(O)cc1. The van der Waals surface area contributed by atoms with Crippen LogP contribution in [0.15, 0.2) is 90.1 Å². The van der Waals surface area contributed by atoms with Crippen LogP contribution in [0.2, 0.25) is 0 Å². The number of phenolic OH excluding ortho intramolecular Hbond substituents is 1. The molecule has 7 amide bonds. The fourth-order valence-corrected chi connectivity index (χ4v) is 11.4. The standard InChI is InChI=1S/C55H71BN10O14S2/c1-30(67)47-54(78)64-42(53(77)66-48(31(2)68)55(79)80)29-82-46(14-8-9-23-57)81-28-41(63-51(75)40(25-32-10-4-3-5-11-32)60-43(70)21-22-45(72)73)52(76)62-39(24-33-15-18-35(69)19-16-33)49(56)61-38(50(74)59-27-44(71)65-47)20-17-34-26-58-37-13-7-6-12-36(34)37/h3-7,10-13,15-16,18-19,26,30-31,38-42,46-48,58,67-69H,8-9,14,17,20-25,27-29,57H2,1-2H3,(H,59,74)(H,60,70)(H,62,76)(H,63,75)(H,64,78)(H,65,71)(H,66,77)(H,72,73)(H,79,80). The number of aryl methyl sites for hydroxylation is 1. The Hall–Kier alpha value is -7.46. The summed E-state index contributed by atoms with van der Waals surface area (Å²) in [5, 5.41) is 69.2. The summed E-state index contributed by atoms with van der Waals surface area (Å²) in [7, 11) is 6.86. The number of carbonyl (C=O) groups excluding carboxylic acids is 7. The van der Waals surface area contributed by atoms with Gasteiger partial charge in [-0.05, 0) is 93.0 Å². The largest absolute Gasteiger partial charge is 0.508 e. The molecule has 1 aliphatic rings. The zero-order chi connectivity index (χ0) is 59.9. The van der Waals surface area contributed by atoms with Crippen LogP contribution < -0.4 is 43.0 Å². The van der Waals surface area contributed by atoms with Crippen LogP contribution in [0.25, 0.3) is 10.9 Å². The molecule has 27 heteroatoms. The van der Waals surface area contributed by atoms with Crippen LogP contribution in [0.5, 0.6) is 5.75 Å². The summed E-state index contributed by atoms with van der Waals surface area (Å²) in [6.45, 7) is 1.87. The number of phenols is 1. The molecule has 15 N–H and O–H groups in total. The monoisotopic (exact) mass is 1170 g/mol. The Morgan fingerprint density at radius 2 is 1.50 bits per heavy atom. The number of thioether (sulfide) groups is 2. The van der Waals surface area contributed by atoms with Crippen molar-refractivity contribution in [3.05, 3.63) is 102 Å². The number of nitrogens with zero attached hydrogens (tertiary/aromatic N) is 1. The number of unbranched alkanes of at least 4 members (excludes halogenated alkanes) is 1. The molecule has 4 aromatic rings. The molecular weight excluding hydrogens is 1100 g/mol. The average Bonchev–Trinajstić information content (AvgIpc) is 4.11. The third-order valence-electron chi connectivity index (χ3n) is 13.1. The van der Waals surface area contributed by atoms with E-state index < -0.39 is 132 Å². The maximum atomic E-state index is 15.1. The van der Waals surface area contributed by atoms with E-state index in [-0.39, 0.29) is 48.5 Å². The molecule has 24 nitrogen and oxygen atoms in total. The van der Waals surface area contributed by atoms with Gasteiger partial charge in [0.15, 0.2) is 6.04 Å². The van der Waals surface area contributed by atoms with Crippen LogP contribution in [0, 0.1) is 0 Å². The summed E-state index contributed by atoms with van der Waals surface area (Å²) < 4.78 is -0.579. The van der Waals surface area contributed by atoms with Crippen LogP contribution in [-0.4, -0.2) is 181 Å². The molecule has 0 saturated carbocycles. The molecule has 3 aromatic carbocycles. The summed E-state index contributed by atoms with van der Waals surface area (Å²) in [4.78, 5) is 130. The average molecular weight is 1170 g/mol. The van der Waals surface area contributed by atoms with Crippen molar-refractivity contribution in [3.63, 3.8) is 0 Å². The molecule has 10 atom stereocenters. The number of hydrogen-bond acceptors (Lipinski definition) is 16. The van der Waals surface area contributed by atoms with Crippen molar-refractivity contribution in [2.45, 2.75) is 131 Å². The van der Waals surface area contributed by atoms with Gasteiger partial charge in [-0.25, -0.2) is 4.79 Å². The number of carboxylic acid groups (broad SMARTS) is 2. The van der Waals surface area contributed by atoms with Gasteiger partial charge in [0.2, 0.25) is 41.4 Å². The molecule has 0 fully saturated rings. The van der Waals surface area contributed by atoms with E-state index in [1.807, 2.05) is 24.3 Å². The fraction of sp³-hybridized carbons (Fsp3) is 0.455. The number of carboxylic acids is 2. The number of aliphatic carboxylic acids is 2. The van der Waals surface area contributed by atoms with Gasteiger partial charge in [0, 0.05) is 41.4 Å². The molecule has 10 unspecified atom stereocenters. The van der Waals surface area contributed by atoms with Crippen molar-refractivity contribution < 1.29 is 68.7 Å². The Morgan fingerprint density at radius 3 is 2.17 bits per heavy atom. The maximum Gasteiger partial charge on any atom is 0.328 e. The number of nitrogens with two attached hydrogens (primary N) is 1. The van der Waals surface area contributed by atoms with E-state index in [0.29, 0.717) is 36.9 Å². The van der Waals surface area contributed by atoms with E-state index in [1.54, 1.807) is 48.7 Å². The van der Waals surface area contributed by atoms with Gasteiger partial charge in [-0.1, -0.05) is 67.1 Å². The van der Waals surface area contributed by atoms with Crippen molar-refractivity contribution in [1.29, 1.82) is 0 Å². The van der Waals surface area contributed by atoms with Crippen molar-refractivity contribution in [2.75, 3.05) is 24.6 Å². The van der Waals surface area contributed by atoms with Gasteiger partial charge in [-0.2, -0.15) is 0 Å². The number of aliphatic imine (C=N–C) groups is 1. The Bertz CT molecular complexity index is 2860. The van der Waals surface area contributed by atoms with Gasteiger partial charge in [0.1, 0.15) is 43.8 Å². The molecule has 0 saturated heterocycles. The molecule has 0 spiro atoms. The number of nitrogens with one attached hydrogen (secondary N) is 8. The lowest BCUT2D eigenvalue weighted by Gasteiger charge is -2.28. The lowest BCUT2D eigenvalue weighted by atomic mass is 9.88. The number of aromatic nitrogens is 1. The minimum atomic E-state index is -1.83. The Kier molecular flexibility index (Phi) is 26.2. The Labute approximate surface area is 483 Å². The predicted octanol–water partition coefficient (Wildman–Crippen LogP) is -0.102. The van der Waals surface area contributed by atoms with Crippen molar-refractivity contribution >= 4 is 101 Å². The van der Waals surface area contributed by atoms with Crippen LogP contribution in [0.4, 0.5) is 0 Å². The Balaban J connectivity index is 1.63. The highest BCUT2D eigenvalue weighted by molar-refractivity contribution is 8.17. The molecule has 0 aliphatic carbocycles. The van der Waals surface area contributed by atoms with Gasteiger partial charge < -0.3 is 73.5 Å².